The first-order valence-corrected chi connectivity index (χ1v) is 5.37. The van der Waals surface area contributed by atoms with Gasteiger partial charge in [-0.25, -0.2) is 0 Å². The number of rotatable bonds is 0. The summed E-state index contributed by atoms with van der Waals surface area (Å²) < 4.78 is 0. The average molecular weight is 178 g/mol. The summed E-state index contributed by atoms with van der Waals surface area (Å²) in [7, 11) is 0. The number of allylic oxidation sites excluding steroid dienone is 2. The maximum absolute atomic E-state index is 11.4. The van der Waals surface area contributed by atoms with Crippen LogP contribution < -0.4 is 0 Å². The van der Waals surface area contributed by atoms with E-state index < -0.39 is 0 Å². The fraction of sp³-hybridized carbons (Fsp3) is 0.750. The molecule has 0 aromatic rings. The molecule has 72 valence electrons. The molecule has 0 N–H and O–H groups in total. The zero-order valence-corrected chi connectivity index (χ0v) is 8.60. The standard InChI is InChI=1S/C12H18O/c1-9-7-11(13)8-10-5-3-4-6-12(9,10)2/h8-9H,3-7H2,1-2H3/t9-,12+/m1/s1. The molecule has 0 aliphatic heterocycles. The number of carbonyl (C=O) groups is 1. The monoisotopic (exact) mass is 178 g/mol. The van der Waals surface area contributed by atoms with Crippen molar-refractivity contribution in [3.05, 3.63) is 11.6 Å². The van der Waals surface area contributed by atoms with Crippen molar-refractivity contribution in [2.45, 2.75) is 46.0 Å². The summed E-state index contributed by atoms with van der Waals surface area (Å²) in [6, 6.07) is 0. The van der Waals surface area contributed by atoms with Crippen molar-refractivity contribution in [1.82, 2.24) is 0 Å². The molecule has 0 heterocycles. The first kappa shape index (κ1) is 8.98. The van der Waals surface area contributed by atoms with Crippen molar-refractivity contribution >= 4 is 5.78 Å². The summed E-state index contributed by atoms with van der Waals surface area (Å²) in [5.74, 6) is 0.905. The number of ketones is 1. The first-order valence-electron chi connectivity index (χ1n) is 5.37. The quantitative estimate of drug-likeness (QED) is 0.557. The van der Waals surface area contributed by atoms with E-state index in [1.807, 2.05) is 6.08 Å². The average Bonchev–Trinajstić information content (AvgIpc) is 2.07. The van der Waals surface area contributed by atoms with E-state index in [1.54, 1.807) is 0 Å². The van der Waals surface area contributed by atoms with Gasteiger partial charge in [0.15, 0.2) is 5.78 Å². The Hall–Kier alpha value is -0.590. The van der Waals surface area contributed by atoms with Gasteiger partial charge in [-0.1, -0.05) is 25.8 Å². The van der Waals surface area contributed by atoms with Crippen molar-refractivity contribution in [3.63, 3.8) is 0 Å². The third kappa shape index (κ3) is 1.34. The van der Waals surface area contributed by atoms with Crippen LogP contribution >= 0.6 is 0 Å². The lowest BCUT2D eigenvalue weighted by Gasteiger charge is -2.43. The maximum Gasteiger partial charge on any atom is 0.155 e. The van der Waals surface area contributed by atoms with Crippen LogP contribution in [0.25, 0.3) is 0 Å². The van der Waals surface area contributed by atoms with Gasteiger partial charge in [-0.15, -0.1) is 0 Å². The second-order valence-electron chi connectivity index (χ2n) is 4.87. The maximum atomic E-state index is 11.4. The molecule has 0 aromatic heterocycles. The predicted octanol–water partition coefficient (Wildman–Crippen LogP) is 3.10. The van der Waals surface area contributed by atoms with E-state index >= 15 is 0 Å². The molecule has 2 atom stereocenters. The third-order valence-electron chi connectivity index (χ3n) is 4.06. The van der Waals surface area contributed by atoms with E-state index in [2.05, 4.69) is 13.8 Å². The van der Waals surface area contributed by atoms with Crippen molar-refractivity contribution < 1.29 is 4.79 Å². The minimum absolute atomic E-state index is 0.349. The van der Waals surface area contributed by atoms with Crippen molar-refractivity contribution in [2.24, 2.45) is 11.3 Å². The third-order valence-corrected chi connectivity index (χ3v) is 4.06. The first-order chi connectivity index (χ1) is 6.13. The summed E-state index contributed by atoms with van der Waals surface area (Å²) in [5.41, 5.74) is 1.79. The summed E-state index contributed by atoms with van der Waals surface area (Å²) in [5, 5.41) is 0. The molecule has 0 amide bonds. The Labute approximate surface area is 80.2 Å². The van der Waals surface area contributed by atoms with Crippen molar-refractivity contribution in [2.75, 3.05) is 0 Å². The predicted molar refractivity (Wildman–Crippen MR) is 53.4 cm³/mol. The van der Waals surface area contributed by atoms with Crippen LogP contribution in [-0.4, -0.2) is 5.78 Å². The number of carbonyl (C=O) groups excluding carboxylic acids is 1. The zero-order valence-electron chi connectivity index (χ0n) is 8.60. The highest BCUT2D eigenvalue weighted by Gasteiger charge is 2.40. The lowest BCUT2D eigenvalue weighted by molar-refractivity contribution is -0.117. The van der Waals surface area contributed by atoms with Gasteiger partial charge in [-0.3, -0.25) is 4.79 Å². The molecule has 1 saturated carbocycles. The van der Waals surface area contributed by atoms with Crippen LogP contribution in [0.1, 0.15) is 46.0 Å². The normalized spacial score (nSPS) is 39.7. The topological polar surface area (TPSA) is 17.1 Å². The summed E-state index contributed by atoms with van der Waals surface area (Å²) in [6.45, 7) is 4.57. The van der Waals surface area contributed by atoms with E-state index in [4.69, 9.17) is 0 Å². The van der Waals surface area contributed by atoms with Gasteiger partial charge in [0.2, 0.25) is 0 Å². The molecule has 0 aromatic carbocycles. The lowest BCUT2D eigenvalue weighted by atomic mass is 9.61. The summed E-state index contributed by atoms with van der Waals surface area (Å²) in [6.07, 6.45) is 7.76. The molecule has 1 nitrogen and oxygen atoms in total. The molecular weight excluding hydrogens is 160 g/mol. The Morgan fingerprint density at radius 3 is 3.00 bits per heavy atom. The Morgan fingerprint density at radius 1 is 1.46 bits per heavy atom. The van der Waals surface area contributed by atoms with Crippen molar-refractivity contribution in [1.29, 1.82) is 0 Å². The fourth-order valence-corrected chi connectivity index (χ4v) is 2.83. The van der Waals surface area contributed by atoms with Crippen molar-refractivity contribution in [3.8, 4) is 0 Å². The molecule has 13 heavy (non-hydrogen) atoms. The van der Waals surface area contributed by atoms with Gasteiger partial charge in [0.05, 0.1) is 0 Å². The van der Waals surface area contributed by atoms with Gasteiger partial charge in [0, 0.05) is 6.42 Å². The van der Waals surface area contributed by atoms with Gasteiger partial charge < -0.3 is 0 Å². The smallest absolute Gasteiger partial charge is 0.155 e. The van der Waals surface area contributed by atoms with E-state index in [0.717, 1.165) is 12.8 Å². The summed E-state index contributed by atoms with van der Waals surface area (Å²) in [4.78, 5) is 11.4. The van der Waals surface area contributed by atoms with Crippen LogP contribution in [0.5, 0.6) is 0 Å². The second-order valence-corrected chi connectivity index (χ2v) is 4.87. The van der Waals surface area contributed by atoms with E-state index in [0.29, 0.717) is 17.1 Å². The SMILES string of the molecule is C[C@@H]1CC(=O)C=C2CCCC[C@]21C. The van der Waals surface area contributed by atoms with Gasteiger partial charge in [0.25, 0.3) is 0 Å². The zero-order chi connectivity index (χ0) is 9.47. The van der Waals surface area contributed by atoms with Crippen LogP contribution in [0.3, 0.4) is 0 Å². The van der Waals surface area contributed by atoms with Crippen LogP contribution in [0.2, 0.25) is 0 Å². The van der Waals surface area contributed by atoms with E-state index in [1.165, 1.54) is 24.8 Å². The molecule has 0 spiro atoms. The summed E-state index contributed by atoms with van der Waals surface area (Å²) >= 11 is 0. The van der Waals surface area contributed by atoms with Crippen LogP contribution in [0.4, 0.5) is 0 Å². The number of fused-ring (bicyclic) bond motifs is 1. The highest BCUT2D eigenvalue weighted by molar-refractivity contribution is 5.91. The highest BCUT2D eigenvalue weighted by Crippen LogP contribution is 2.49. The van der Waals surface area contributed by atoms with E-state index in [9.17, 15) is 4.79 Å². The van der Waals surface area contributed by atoms with Crippen LogP contribution in [0.15, 0.2) is 11.6 Å². The molecule has 2 rings (SSSR count). The van der Waals surface area contributed by atoms with Crippen LogP contribution in [0, 0.1) is 11.3 Å². The second kappa shape index (κ2) is 2.97. The fourth-order valence-electron chi connectivity index (χ4n) is 2.83. The van der Waals surface area contributed by atoms with Gasteiger partial charge in [-0.2, -0.15) is 0 Å². The van der Waals surface area contributed by atoms with Gasteiger partial charge >= 0.3 is 0 Å². The molecule has 1 fully saturated rings. The molecule has 0 unspecified atom stereocenters. The Kier molecular flexibility index (Phi) is 2.05. The largest absolute Gasteiger partial charge is 0.295 e. The minimum Gasteiger partial charge on any atom is -0.295 e. The number of hydrogen-bond acceptors (Lipinski definition) is 1. The minimum atomic E-state index is 0.349. The molecule has 0 bridgehead atoms. The van der Waals surface area contributed by atoms with Gasteiger partial charge in [0.1, 0.15) is 0 Å². The molecule has 1 heteroatoms. The van der Waals surface area contributed by atoms with Gasteiger partial charge in [-0.05, 0) is 36.7 Å². The Bertz CT molecular complexity index is 264. The Balaban J connectivity index is 2.35. The molecular formula is C12H18O. The Morgan fingerprint density at radius 2 is 2.23 bits per heavy atom. The van der Waals surface area contributed by atoms with Crippen LogP contribution in [-0.2, 0) is 4.79 Å². The molecule has 0 saturated heterocycles. The molecule has 2 aliphatic rings. The number of hydrogen-bond donors (Lipinski definition) is 0. The lowest BCUT2D eigenvalue weighted by Crippen LogP contribution is -2.35. The molecule has 2 aliphatic carbocycles. The highest BCUT2D eigenvalue weighted by atomic mass is 16.1. The molecule has 0 radical (unpaired) electrons. The van der Waals surface area contributed by atoms with E-state index in [-0.39, 0.29) is 0 Å².